The molecule has 1 aromatic heterocycles. The fraction of sp³-hybridized carbons (Fsp3) is 0.688. The van der Waals surface area contributed by atoms with Crippen LogP contribution in [-0.4, -0.2) is 10.9 Å². The molecule has 4 bridgehead atoms. The molecule has 4 fully saturated rings. The summed E-state index contributed by atoms with van der Waals surface area (Å²) in [4.78, 5) is 15.5. The van der Waals surface area contributed by atoms with Crippen LogP contribution in [0.1, 0.15) is 37.7 Å². The van der Waals surface area contributed by atoms with E-state index in [9.17, 15) is 4.79 Å². The number of aromatic nitrogens is 1. The summed E-state index contributed by atoms with van der Waals surface area (Å²) >= 11 is 0. The van der Waals surface area contributed by atoms with Crippen LogP contribution in [-0.2, 0) is 11.3 Å². The fourth-order valence-electron chi connectivity index (χ4n) is 5.13. The Hall–Kier alpha value is -1.25. The molecule has 19 heavy (non-hydrogen) atoms. The van der Waals surface area contributed by atoms with Crippen molar-refractivity contribution in [2.45, 2.75) is 38.6 Å². The van der Waals surface area contributed by atoms with Gasteiger partial charge in [-0.25, -0.2) is 0 Å². The van der Waals surface area contributed by atoms with Crippen LogP contribution < -0.4 is 5.32 Å². The minimum atomic E-state index is 0.312. The Morgan fingerprint density at radius 2 is 1.84 bits per heavy atom. The van der Waals surface area contributed by atoms with Crippen molar-refractivity contribution in [2.75, 3.05) is 0 Å². The summed E-state index contributed by atoms with van der Waals surface area (Å²) in [5.74, 6) is 3.87. The smallest absolute Gasteiger partial charge is 0.223 e. The Balaban J connectivity index is 1.43. The van der Waals surface area contributed by atoms with Gasteiger partial charge in [0.15, 0.2) is 0 Å². The molecule has 4 aliphatic carbocycles. The van der Waals surface area contributed by atoms with Crippen LogP contribution in [0.4, 0.5) is 0 Å². The molecule has 0 aromatic carbocycles. The molecule has 1 amide bonds. The zero-order valence-corrected chi connectivity index (χ0v) is 11.3. The Morgan fingerprint density at radius 1 is 1.16 bits per heavy atom. The van der Waals surface area contributed by atoms with Crippen LogP contribution >= 0.6 is 0 Å². The predicted molar refractivity (Wildman–Crippen MR) is 73.2 cm³/mol. The van der Waals surface area contributed by atoms with Gasteiger partial charge in [0, 0.05) is 24.9 Å². The van der Waals surface area contributed by atoms with Gasteiger partial charge in [-0.2, -0.15) is 0 Å². The lowest BCUT2D eigenvalue weighted by Crippen LogP contribution is -2.50. The lowest BCUT2D eigenvalue weighted by molar-refractivity contribution is -0.138. The standard InChI is InChI=1S/C16H22N2O/c19-16(18-9-10-1-2-17-8-10)15-13-4-11-3-12(6-13)7-14(15)5-11/h1-2,8,11-15,17H,3-7,9H2,(H,18,19). The van der Waals surface area contributed by atoms with Gasteiger partial charge in [-0.05, 0) is 67.4 Å². The van der Waals surface area contributed by atoms with Crippen LogP contribution in [0.3, 0.4) is 0 Å². The molecule has 0 atom stereocenters. The van der Waals surface area contributed by atoms with E-state index in [4.69, 9.17) is 0 Å². The van der Waals surface area contributed by atoms with Gasteiger partial charge in [0.05, 0.1) is 0 Å². The molecule has 0 unspecified atom stereocenters. The first-order valence-electron chi connectivity index (χ1n) is 7.69. The molecule has 3 heteroatoms. The average Bonchev–Trinajstić information content (AvgIpc) is 2.88. The third-order valence-corrected chi connectivity index (χ3v) is 5.66. The number of aromatic amines is 1. The highest BCUT2D eigenvalue weighted by atomic mass is 16.1. The van der Waals surface area contributed by atoms with Gasteiger partial charge in [0.25, 0.3) is 0 Å². The van der Waals surface area contributed by atoms with Gasteiger partial charge in [-0.3, -0.25) is 4.79 Å². The SMILES string of the molecule is O=C(NCc1cc[nH]c1)C1C2CC3CC(C2)CC1C3. The van der Waals surface area contributed by atoms with Gasteiger partial charge in [-0.15, -0.1) is 0 Å². The predicted octanol–water partition coefficient (Wildman–Crippen LogP) is 2.70. The van der Waals surface area contributed by atoms with E-state index >= 15 is 0 Å². The van der Waals surface area contributed by atoms with Crippen molar-refractivity contribution in [3.63, 3.8) is 0 Å². The van der Waals surface area contributed by atoms with Crippen molar-refractivity contribution in [1.82, 2.24) is 10.3 Å². The van der Waals surface area contributed by atoms with Gasteiger partial charge >= 0.3 is 0 Å². The highest BCUT2D eigenvalue weighted by molar-refractivity contribution is 5.79. The minimum Gasteiger partial charge on any atom is -0.367 e. The summed E-state index contributed by atoms with van der Waals surface area (Å²) < 4.78 is 0. The van der Waals surface area contributed by atoms with Crippen molar-refractivity contribution in [3.8, 4) is 0 Å². The van der Waals surface area contributed by atoms with E-state index in [1.165, 1.54) is 32.1 Å². The lowest BCUT2D eigenvalue weighted by atomic mass is 9.51. The molecule has 0 saturated heterocycles. The maximum absolute atomic E-state index is 12.5. The Kier molecular flexibility index (Phi) is 2.68. The zero-order valence-electron chi connectivity index (χ0n) is 11.3. The quantitative estimate of drug-likeness (QED) is 0.860. The van der Waals surface area contributed by atoms with Crippen molar-refractivity contribution in [3.05, 3.63) is 24.0 Å². The van der Waals surface area contributed by atoms with Gasteiger partial charge in [-0.1, -0.05) is 0 Å². The van der Waals surface area contributed by atoms with E-state index in [1.54, 1.807) is 0 Å². The molecule has 102 valence electrons. The van der Waals surface area contributed by atoms with Gasteiger partial charge in [0.1, 0.15) is 0 Å². The first-order chi connectivity index (χ1) is 9.29. The van der Waals surface area contributed by atoms with Crippen LogP contribution in [0.5, 0.6) is 0 Å². The fourth-order valence-corrected chi connectivity index (χ4v) is 5.13. The Bertz CT molecular complexity index is 437. The topological polar surface area (TPSA) is 44.9 Å². The lowest BCUT2D eigenvalue weighted by Gasteiger charge is -2.53. The van der Waals surface area contributed by atoms with Crippen molar-refractivity contribution >= 4 is 5.91 Å². The highest BCUT2D eigenvalue weighted by Crippen LogP contribution is 2.56. The summed E-state index contributed by atoms with van der Waals surface area (Å²) in [5.41, 5.74) is 1.16. The summed E-state index contributed by atoms with van der Waals surface area (Å²) in [5, 5.41) is 3.15. The summed E-state index contributed by atoms with van der Waals surface area (Å²) in [6.45, 7) is 0.672. The largest absolute Gasteiger partial charge is 0.367 e. The molecular weight excluding hydrogens is 236 g/mol. The molecule has 0 aliphatic heterocycles. The maximum Gasteiger partial charge on any atom is 0.223 e. The van der Waals surface area contributed by atoms with Gasteiger partial charge < -0.3 is 10.3 Å². The number of hydrogen-bond donors (Lipinski definition) is 2. The average molecular weight is 258 g/mol. The normalized spacial score (nSPS) is 39.5. The molecule has 4 aliphatic rings. The molecule has 3 nitrogen and oxygen atoms in total. The first kappa shape index (κ1) is 11.6. The van der Waals surface area contributed by atoms with E-state index in [1.807, 2.05) is 18.5 Å². The van der Waals surface area contributed by atoms with Crippen LogP contribution in [0.15, 0.2) is 18.5 Å². The van der Waals surface area contributed by atoms with Crippen LogP contribution in [0.2, 0.25) is 0 Å². The second kappa shape index (κ2) is 4.39. The number of H-pyrrole nitrogens is 1. The monoisotopic (exact) mass is 258 g/mol. The molecule has 5 rings (SSSR count). The molecule has 0 radical (unpaired) electrons. The molecule has 1 aromatic rings. The number of amides is 1. The Morgan fingerprint density at radius 3 is 2.42 bits per heavy atom. The summed E-state index contributed by atoms with van der Waals surface area (Å²) in [6, 6.07) is 2.02. The second-order valence-electron chi connectivity index (χ2n) is 6.89. The van der Waals surface area contributed by atoms with Crippen molar-refractivity contribution in [2.24, 2.45) is 29.6 Å². The van der Waals surface area contributed by atoms with E-state index in [2.05, 4.69) is 10.3 Å². The molecule has 0 spiro atoms. The minimum absolute atomic E-state index is 0.312. The number of nitrogens with one attached hydrogen (secondary N) is 2. The van der Waals surface area contributed by atoms with E-state index < -0.39 is 0 Å². The maximum atomic E-state index is 12.5. The van der Waals surface area contributed by atoms with Gasteiger partial charge in [0.2, 0.25) is 5.91 Å². The summed E-state index contributed by atoms with van der Waals surface area (Å²) in [7, 11) is 0. The van der Waals surface area contributed by atoms with E-state index in [0.717, 1.165) is 17.4 Å². The van der Waals surface area contributed by atoms with E-state index in [0.29, 0.717) is 30.2 Å². The second-order valence-corrected chi connectivity index (χ2v) is 6.89. The molecule has 1 heterocycles. The highest BCUT2D eigenvalue weighted by Gasteiger charge is 2.50. The molecule has 4 saturated carbocycles. The third-order valence-electron chi connectivity index (χ3n) is 5.66. The van der Waals surface area contributed by atoms with Crippen molar-refractivity contribution in [1.29, 1.82) is 0 Å². The number of rotatable bonds is 3. The zero-order chi connectivity index (χ0) is 12.8. The van der Waals surface area contributed by atoms with Crippen LogP contribution in [0.25, 0.3) is 0 Å². The number of carbonyl (C=O) groups excluding carboxylic acids is 1. The number of carbonyl (C=O) groups is 1. The molecule has 2 N–H and O–H groups in total. The third kappa shape index (κ3) is 1.99. The summed E-state index contributed by atoms with van der Waals surface area (Å²) in [6.07, 6.45) is 10.6. The Labute approximate surface area is 114 Å². The van der Waals surface area contributed by atoms with E-state index in [-0.39, 0.29) is 0 Å². The van der Waals surface area contributed by atoms with Crippen molar-refractivity contribution < 1.29 is 4.79 Å². The number of hydrogen-bond acceptors (Lipinski definition) is 1. The van der Waals surface area contributed by atoms with Crippen LogP contribution in [0, 0.1) is 29.6 Å². The molecular formula is C16H22N2O. The first-order valence-corrected chi connectivity index (χ1v) is 7.69.